The summed E-state index contributed by atoms with van der Waals surface area (Å²) in [6.45, 7) is 3.67. The van der Waals surface area contributed by atoms with E-state index in [0.717, 1.165) is 41.6 Å². The molecule has 5 nitrogen and oxygen atoms in total. The molecule has 2 aromatic carbocycles. The van der Waals surface area contributed by atoms with Gasteiger partial charge in [-0.3, -0.25) is 9.69 Å². The second kappa shape index (κ2) is 8.71. The Morgan fingerprint density at radius 1 is 1.07 bits per heavy atom. The molecule has 4 rings (SSSR count). The Kier molecular flexibility index (Phi) is 5.87. The predicted molar refractivity (Wildman–Crippen MR) is 112 cm³/mol. The van der Waals surface area contributed by atoms with Crippen LogP contribution in [0.15, 0.2) is 53.9 Å². The minimum atomic E-state index is -0.330. The maximum atomic E-state index is 13.1. The van der Waals surface area contributed by atoms with E-state index in [1.807, 2.05) is 29.2 Å². The number of benzene rings is 2. The van der Waals surface area contributed by atoms with Gasteiger partial charge in [0, 0.05) is 49.2 Å². The molecule has 0 saturated carbocycles. The number of ether oxygens (including phenoxy) is 1. The average Bonchev–Trinajstić information content (AvgIpc) is 3.23. The first-order valence-electron chi connectivity index (χ1n) is 9.48. The monoisotopic (exact) mass is 411 g/mol. The third-order valence-electron chi connectivity index (χ3n) is 5.02. The van der Waals surface area contributed by atoms with Gasteiger partial charge in [0.1, 0.15) is 16.6 Å². The largest absolute Gasteiger partial charge is 0.497 e. The molecule has 1 amide bonds. The SMILES string of the molecule is COc1ccc(-c2nc(CN3CCN(C(=O)c4ccc(F)cc4)CC3)cs2)cc1. The lowest BCUT2D eigenvalue weighted by Crippen LogP contribution is -2.48. The third kappa shape index (κ3) is 4.63. The lowest BCUT2D eigenvalue weighted by atomic mass is 10.1. The van der Waals surface area contributed by atoms with E-state index in [9.17, 15) is 9.18 Å². The van der Waals surface area contributed by atoms with Crippen molar-refractivity contribution in [1.82, 2.24) is 14.8 Å². The van der Waals surface area contributed by atoms with Crippen molar-refractivity contribution in [3.63, 3.8) is 0 Å². The Bertz CT molecular complexity index is 964. The normalized spacial score (nSPS) is 14.8. The van der Waals surface area contributed by atoms with Crippen molar-refractivity contribution in [3.8, 4) is 16.3 Å². The van der Waals surface area contributed by atoms with Crippen LogP contribution < -0.4 is 4.74 Å². The summed E-state index contributed by atoms with van der Waals surface area (Å²) in [5, 5.41) is 3.09. The molecule has 0 aliphatic carbocycles. The van der Waals surface area contributed by atoms with E-state index >= 15 is 0 Å². The van der Waals surface area contributed by atoms with E-state index in [1.165, 1.54) is 12.1 Å². The Balaban J connectivity index is 1.32. The van der Waals surface area contributed by atoms with Gasteiger partial charge in [-0.25, -0.2) is 9.37 Å². The molecule has 1 aliphatic rings. The third-order valence-corrected chi connectivity index (χ3v) is 5.97. The number of methoxy groups -OCH3 is 1. The number of nitrogens with zero attached hydrogens (tertiary/aromatic N) is 3. The van der Waals surface area contributed by atoms with E-state index in [2.05, 4.69) is 10.3 Å². The molecule has 0 radical (unpaired) electrons. The molecule has 29 heavy (non-hydrogen) atoms. The van der Waals surface area contributed by atoms with Crippen LogP contribution >= 0.6 is 11.3 Å². The first-order valence-corrected chi connectivity index (χ1v) is 10.4. The molecular weight excluding hydrogens is 389 g/mol. The number of thiazole rings is 1. The van der Waals surface area contributed by atoms with Crippen molar-refractivity contribution in [2.75, 3.05) is 33.3 Å². The highest BCUT2D eigenvalue weighted by Gasteiger charge is 2.22. The first-order chi connectivity index (χ1) is 14.1. The van der Waals surface area contributed by atoms with Crippen molar-refractivity contribution < 1.29 is 13.9 Å². The van der Waals surface area contributed by atoms with Gasteiger partial charge in [-0.2, -0.15) is 0 Å². The molecule has 3 aromatic rings. The fourth-order valence-corrected chi connectivity index (χ4v) is 4.18. The molecule has 2 heterocycles. The van der Waals surface area contributed by atoms with E-state index in [1.54, 1.807) is 30.6 Å². The van der Waals surface area contributed by atoms with Crippen molar-refractivity contribution in [3.05, 3.63) is 71.0 Å². The molecule has 0 bridgehead atoms. The summed E-state index contributed by atoms with van der Waals surface area (Å²) >= 11 is 1.63. The van der Waals surface area contributed by atoms with Gasteiger partial charge in [-0.1, -0.05) is 0 Å². The zero-order chi connectivity index (χ0) is 20.2. The maximum Gasteiger partial charge on any atom is 0.253 e. The minimum Gasteiger partial charge on any atom is -0.497 e. The highest BCUT2D eigenvalue weighted by Crippen LogP contribution is 2.26. The maximum absolute atomic E-state index is 13.1. The zero-order valence-electron chi connectivity index (χ0n) is 16.2. The zero-order valence-corrected chi connectivity index (χ0v) is 17.0. The van der Waals surface area contributed by atoms with Crippen LogP contribution in [0.1, 0.15) is 16.1 Å². The summed E-state index contributed by atoms with van der Waals surface area (Å²) in [4.78, 5) is 21.4. The van der Waals surface area contributed by atoms with Gasteiger partial charge in [0.2, 0.25) is 0 Å². The van der Waals surface area contributed by atoms with E-state index in [4.69, 9.17) is 9.72 Å². The number of hydrogen-bond donors (Lipinski definition) is 0. The Morgan fingerprint density at radius 2 is 1.76 bits per heavy atom. The lowest BCUT2D eigenvalue weighted by molar-refractivity contribution is 0.0627. The van der Waals surface area contributed by atoms with Crippen molar-refractivity contribution >= 4 is 17.2 Å². The molecule has 7 heteroatoms. The molecule has 0 spiro atoms. The molecule has 1 aliphatic heterocycles. The number of rotatable bonds is 5. The second-order valence-electron chi connectivity index (χ2n) is 6.95. The van der Waals surface area contributed by atoms with Gasteiger partial charge in [-0.05, 0) is 48.5 Å². The molecule has 150 valence electrons. The summed E-state index contributed by atoms with van der Waals surface area (Å²) in [6.07, 6.45) is 0. The van der Waals surface area contributed by atoms with Crippen LogP contribution in [0.25, 0.3) is 10.6 Å². The van der Waals surface area contributed by atoms with Gasteiger partial charge in [0.25, 0.3) is 5.91 Å². The van der Waals surface area contributed by atoms with Crippen LogP contribution in [-0.4, -0.2) is 54.0 Å². The molecule has 0 N–H and O–H groups in total. The van der Waals surface area contributed by atoms with E-state index in [-0.39, 0.29) is 11.7 Å². The number of halogens is 1. The van der Waals surface area contributed by atoms with Gasteiger partial charge in [0.15, 0.2) is 0 Å². The fraction of sp³-hybridized carbons (Fsp3) is 0.273. The highest BCUT2D eigenvalue weighted by atomic mass is 32.1. The Hall–Kier alpha value is -2.77. The van der Waals surface area contributed by atoms with Crippen LogP contribution in [0.5, 0.6) is 5.75 Å². The van der Waals surface area contributed by atoms with Gasteiger partial charge >= 0.3 is 0 Å². The molecule has 1 saturated heterocycles. The van der Waals surface area contributed by atoms with Gasteiger partial charge < -0.3 is 9.64 Å². The van der Waals surface area contributed by atoms with Gasteiger partial charge in [0.05, 0.1) is 12.8 Å². The number of hydrogen-bond acceptors (Lipinski definition) is 5. The minimum absolute atomic E-state index is 0.0416. The van der Waals surface area contributed by atoms with Crippen LogP contribution in [-0.2, 0) is 6.54 Å². The molecule has 0 atom stereocenters. The summed E-state index contributed by atoms with van der Waals surface area (Å²) in [5.74, 6) is 0.460. The summed E-state index contributed by atoms with van der Waals surface area (Å²) in [5.41, 5.74) is 2.65. The van der Waals surface area contributed by atoms with Gasteiger partial charge in [-0.15, -0.1) is 11.3 Å². The lowest BCUT2D eigenvalue weighted by Gasteiger charge is -2.34. The van der Waals surface area contributed by atoms with Crippen LogP contribution in [0, 0.1) is 5.82 Å². The molecular formula is C22H22FN3O2S. The van der Waals surface area contributed by atoms with Crippen LogP contribution in [0.4, 0.5) is 4.39 Å². The summed E-state index contributed by atoms with van der Waals surface area (Å²) in [6, 6.07) is 13.6. The Morgan fingerprint density at radius 3 is 2.41 bits per heavy atom. The quantitative estimate of drug-likeness (QED) is 0.639. The molecule has 1 aromatic heterocycles. The number of carbonyl (C=O) groups is 1. The predicted octanol–water partition coefficient (Wildman–Crippen LogP) is 3.92. The summed E-state index contributed by atoms with van der Waals surface area (Å²) < 4.78 is 18.3. The Labute approximate surface area is 173 Å². The van der Waals surface area contributed by atoms with Crippen LogP contribution in [0.3, 0.4) is 0 Å². The number of carbonyl (C=O) groups excluding carboxylic acids is 1. The topological polar surface area (TPSA) is 45.7 Å². The average molecular weight is 412 g/mol. The summed E-state index contributed by atoms with van der Waals surface area (Å²) in [7, 11) is 1.66. The van der Waals surface area contributed by atoms with Crippen molar-refractivity contribution in [2.24, 2.45) is 0 Å². The van der Waals surface area contributed by atoms with E-state index < -0.39 is 0 Å². The second-order valence-corrected chi connectivity index (χ2v) is 7.81. The van der Waals surface area contributed by atoms with E-state index in [0.29, 0.717) is 18.7 Å². The smallest absolute Gasteiger partial charge is 0.253 e. The number of aromatic nitrogens is 1. The van der Waals surface area contributed by atoms with Crippen molar-refractivity contribution in [1.29, 1.82) is 0 Å². The number of piperazine rings is 1. The fourth-order valence-electron chi connectivity index (χ4n) is 3.36. The first kappa shape index (κ1) is 19.5. The van der Waals surface area contributed by atoms with Crippen LogP contribution in [0.2, 0.25) is 0 Å². The molecule has 1 fully saturated rings. The van der Waals surface area contributed by atoms with Crippen molar-refractivity contribution in [2.45, 2.75) is 6.54 Å². The molecule has 0 unspecified atom stereocenters. The number of amides is 1. The highest BCUT2D eigenvalue weighted by molar-refractivity contribution is 7.13. The standard InChI is InChI=1S/C22H22FN3O2S/c1-28-20-8-4-16(5-9-20)21-24-19(15-29-21)14-25-10-12-26(13-11-25)22(27)17-2-6-18(23)7-3-17/h2-9,15H,10-14H2,1H3.